The van der Waals surface area contributed by atoms with E-state index in [-0.39, 0.29) is 35.9 Å². The van der Waals surface area contributed by atoms with Crippen molar-refractivity contribution in [3.8, 4) is 0 Å². The Balaban J connectivity index is 1.78. The number of nitrogens with zero attached hydrogens (tertiary/aromatic N) is 2. The molecule has 0 saturated carbocycles. The lowest BCUT2D eigenvalue weighted by atomic mass is 10.1. The first-order valence-electron chi connectivity index (χ1n) is 9.89. The third-order valence-corrected chi connectivity index (χ3v) is 7.17. The van der Waals surface area contributed by atoms with Gasteiger partial charge in [0.05, 0.1) is 5.56 Å². The molecule has 1 N–H and O–H groups in total. The van der Waals surface area contributed by atoms with Crippen LogP contribution in [0.3, 0.4) is 0 Å². The lowest BCUT2D eigenvalue weighted by molar-refractivity contribution is -0.140. The number of likely N-dealkylation sites (N-methyl/N-ethyl adjacent to an activating group) is 1. The van der Waals surface area contributed by atoms with E-state index >= 15 is 0 Å². The van der Waals surface area contributed by atoms with Gasteiger partial charge in [0.1, 0.15) is 10.9 Å². The van der Waals surface area contributed by atoms with Crippen molar-refractivity contribution in [3.63, 3.8) is 0 Å². The summed E-state index contributed by atoms with van der Waals surface area (Å²) in [6, 6.07) is 12.8. The molecular formula is C22H25N3O5S. The van der Waals surface area contributed by atoms with E-state index in [0.29, 0.717) is 0 Å². The molecule has 0 radical (unpaired) electrons. The summed E-state index contributed by atoms with van der Waals surface area (Å²) in [6.07, 6.45) is -0.230. The fourth-order valence-corrected chi connectivity index (χ4v) is 5.04. The number of sulfonamides is 1. The molecule has 0 fully saturated rings. The highest BCUT2D eigenvalue weighted by molar-refractivity contribution is 7.90. The number of aryl methyl sites for hydroxylation is 1. The number of hydrogen-bond acceptors (Lipinski definition) is 5. The van der Waals surface area contributed by atoms with Crippen LogP contribution in [0, 0.1) is 6.92 Å². The van der Waals surface area contributed by atoms with E-state index in [4.69, 9.17) is 0 Å². The van der Waals surface area contributed by atoms with Crippen molar-refractivity contribution in [1.29, 1.82) is 0 Å². The second kappa shape index (κ2) is 8.89. The lowest BCUT2D eigenvalue weighted by Crippen LogP contribution is -2.47. The number of amides is 3. The van der Waals surface area contributed by atoms with E-state index in [1.54, 1.807) is 19.1 Å². The minimum Gasteiger partial charge on any atom is -0.357 e. The van der Waals surface area contributed by atoms with Crippen LogP contribution >= 0.6 is 0 Å². The van der Waals surface area contributed by atoms with Gasteiger partial charge in [0, 0.05) is 26.6 Å². The Bertz CT molecular complexity index is 1110. The molecule has 1 aliphatic heterocycles. The summed E-state index contributed by atoms with van der Waals surface area (Å²) in [5, 5.41) is 2.53. The Hall–Kier alpha value is -3.20. The van der Waals surface area contributed by atoms with Gasteiger partial charge in [-0.2, -0.15) is 0 Å². The zero-order valence-corrected chi connectivity index (χ0v) is 18.5. The zero-order chi connectivity index (χ0) is 22.8. The fourth-order valence-electron chi connectivity index (χ4n) is 3.47. The standard InChI is InChI=1S/C22H25N3O5S/c1-15-8-10-17(11-9-15)14-24(16(2)21(27)23-3)20(26)12-13-25-22(28)18-6-4-5-7-19(18)31(25,29)30/h4-11,16H,12-14H2,1-3H3,(H,23,27)/t16-/m0/s1. The van der Waals surface area contributed by atoms with Crippen molar-refractivity contribution in [2.24, 2.45) is 0 Å². The second-order valence-corrected chi connectivity index (χ2v) is 9.26. The molecule has 1 atom stereocenters. The lowest BCUT2D eigenvalue weighted by Gasteiger charge is -2.29. The predicted molar refractivity (Wildman–Crippen MR) is 115 cm³/mol. The van der Waals surface area contributed by atoms with Crippen LogP contribution in [-0.2, 0) is 26.2 Å². The van der Waals surface area contributed by atoms with Crippen LogP contribution in [0.2, 0.25) is 0 Å². The first-order valence-corrected chi connectivity index (χ1v) is 11.3. The number of carbonyl (C=O) groups excluding carboxylic acids is 3. The number of rotatable bonds is 7. The number of benzene rings is 2. The zero-order valence-electron chi connectivity index (χ0n) is 17.7. The van der Waals surface area contributed by atoms with Gasteiger partial charge in [-0.25, -0.2) is 12.7 Å². The Morgan fingerprint density at radius 3 is 2.35 bits per heavy atom. The minimum atomic E-state index is -3.99. The quantitative estimate of drug-likeness (QED) is 0.701. The maximum atomic E-state index is 13.0. The van der Waals surface area contributed by atoms with Gasteiger partial charge in [-0.05, 0) is 31.5 Å². The van der Waals surface area contributed by atoms with Crippen LogP contribution in [0.4, 0.5) is 0 Å². The van der Waals surface area contributed by atoms with Gasteiger partial charge in [0.15, 0.2) is 0 Å². The van der Waals surface area contributed by atoms with Crippen molar-refractivity contribution in [1.82, 2.24) is 14.5 Å². The Morgan fingerprint density at radius 1 is 1.10 bits per heavy atom. The summed E-state index contributed by atoms with van der Waals surface area (Å²) >= 11 is 0. The fraction of sp³-hybridized carbons (Fsp3) is 0.318. The third kappa shape index (κ3) is 4.46. The van der Waals surface area contributed by atoms with Crippen LogP contribution < -0.4 is 5.32 Å². The molecule has 9 heteroatoms. The predicted octanol–water partition coefficient (Wildman–Crippen LogP) is 1.69. The summed E-state index contributed by atoms with van der Waals surface area (Å²) in [5.74, 6) is -1.40. The molecule has 0 spiro atoms. The first kappa shape index (κ1) is 22.5. The molecule has 2 aromatic carbocycles. The molecule has 0 unspecified atom stereocenters. The van der Waals surface area contributed by atoms with Crippen molar-refractivity contribution in [3.05, 3.63) is 65.2 Å². The van der Waals surface area contributed by atoms with Gasteiger partial charge >= 0.3 is 0 Å². The van der Waals surface area contributed by atoms with Gasteiger partial charge in [-0.3, -0.25) is 14.4 Å². The van der Waals surface area contributed by atoms with E-state index in [2.05, 4.69) is 5.32 Å². The van der Waals surface area contributed by atoms with Crippen LogP contribution in [0.15, 0.2) is 53.4 Å². The molecule has 164 valence electrons. The monoisotopic (exact) mass is 443 g/mol. The maximum Gasteiger partial charge on any atom is 0.269 e. The molecule has 31 heavy (non-hydrogen) atoms. The molecule has 0 bridgehead atoms. The van der Waals surface area contributed by atoms with Gasteiger partial charge in [0.2, 0.25) is 11.8 Å². The SMILES string of the molecule is CNC(=O)[C@H](C)N(Cc1ccc(C)cc1)C(=O)CCN1C(=O)c2ccccc2S1(=O)=O. The van der Waals surface area contributed by atoms with Gasteiger partial charge in [-0.1, -0.05) is 42.0 Å². The highest BCUT2D eigenvalue weighted by Gasteiger charge is 2.41. The van der Waals surface area contributed by atoms with E-state index < -0.39 is 27.9 Å². The molecule has 1 aliphatic rings. The first-order chi connectivity index (χ1) is 14.7. The molecule has 2 aromatic rings. The second-order valence-electron chi connectivity index (χ2n) is 7.43. The topological polar surface area (TPSA) is 104 Å². The van der Waals surface area contributed by atoms with Crippen molar-refractivity contribution in [2.75, 3.05) is 13.6 Å². The van der Waals surface area contributed by atoms with Crippen molar-refractivity contribution < 1.29 is 22.8 Å². The molecular weight excluding hydrogens is 418 g/mol. The Labute approximate surface area is 181 Å². The number of nitrogens with one attached hydrogen (secondary N) is 1. The number of carbonyl (C=O) groups is 3. The van der Waals surface area contributed by atoms with Gasteiger partial charge in [0.25, 0.3) is 15.9 Å². The molecule has 8 nitrogen and oxygen atoms in total. The summed E-state index contributed by atoms with van der Waals surface area (Å²) < 4.78 is 26.1. The average Bonchev–Trinajstić information content (AvgIpc) is 2.96. The van der Waals surface area contributed by atoms with Gasteiger partial charge < -0.3 is 10.2 Å². The van der Waals surface area contributed by atoms with Crippen LogP contribution in [-0.4, -0.2) is 55.0 Å². The highest BCUT2D eigenvalue weighted by Crippen LogP contribution is 2.30. The molecule has 0 saturated heterocycles. The molecule has 1 heterocycles. The summed E-state index contributed by atoms with van der Waals surface area (Å²) in [6.45, 7) is 3.46. The number of fused-ring (bicyclic) bond motifs is 1. The molecule has 3 amide bonds. The van der Waals surface area contributed by atoms with Crippen LogP contribution in [0.1, 0.15) is 34.8 Å². The summed E-state index contributed by atoms with van der Waals surface area (Å²) in [7, 11) is -2.50. The molecule has 0 aromatic heterocycles. The van der Waals surface area contributed by atoms with Crippen LogP contribution in [0.5, 0.6) is 0 Å². The normalized spacial score (nSPS) is 15.3. The third-order valence-electron chi connectivity index (χ3n) is 5.33. The summed E-state index contributed by atoms with van der Waals surface area (Å²) in [4.78, 5) is 39.1. The maximum absolute atomic E-state index is 13.0. The molecule has 3 rings (SSSR count). The van der Waals surface area contributed by atoms with Crippen molar-refractivity contribution >= 4 is 27.7 Å². The minimum absolute atomic E-state index is 0.0531. The van der Waals surface area contributed by atoms with E-state index in [0.717, 1.165) is 15.4 Å². The average molecular weight is 444 g/mol. The largest absolute Gasteiger partial charge is 0.357 e. The van der Waals surface area contributed by atoms with Crippen LogP contribution in [0.25, 0.3) is 0 Å². The smallest absolute Gasteiger partial charge is 0.269 e. The number of hydrogen-bond donors (Lipinski definition) is 1. The Kier molecular flexibility index (Phi) is 6.45. The van der Waals surface area contributed by atoms with E-state index in [1.165, 1.54) is 24.1 Å². The van der Waals surface area contributed by atoms with Gasteiger partial charge in [-0.15, -0.1) is 0 Å². The Morgan fingerprint density at radius 2 is 1.74 bits per heavy atom. The highest BCUT2D eigenvalue weighted by atomic mass is 32.2. The van der Waals surface area contributed by atoms with E-state index in [9.17, 15) is 22.8 Å². The van der Waals surface area contributed by atoms with E-state index in [1.807, 2.05) is 31.2 Å². The summed E-state index contributed by atoms with van der Waals surface area (Å²) in [5.41, 5.74) is 2.01. The molecule has 0 aliphatic carbocycles. The van der Waals surface area contributed by atoms with Crippen molar-refractivity contribution in [2.45, 2.75) is 37.8 Å².